The highest BCUT2D eigenvalue weighted by Gasteiger charge is 2.58. The van der Waals surface area contributed by atoms with Crippen molar-refractivity contribution in [1.29, 1.82) is 0 Å². The van der Waals surface area contributed by atoms with Gasteiger partial charge in [-0.05, 0) is 41.5 Å². The minimum atomic E-state index is -5.88. The Kier molecular flexibility index (Phi) is 8.57. The number of hydrogen-bond donors (Lipinski definition) is 2. The van der Waals surface area contributed by atoms with Crippen molar-refractivity contribution in [2.24, 2.45) is 0 Å². The van der Waals surface area contributed by atoms with Crippen LogP contribution in [0.3, 0.4) is 0 Å². The lowest BCUT2D eigenvalue weighted by atomic mass is 9.95. The lowest BCUT2D eigenvalue weighted by Crippen LogP contribution is -2.40. The molecule has 0 aromatic heterocycles. The predicted octanol–water partition coefficient (Wildman–Crippen LogP) is 6.80. The van der Waals surface area contributed by atoms with E-state index in [4.69, 9.17) is 4.74 Å². The lowest BCUT2D eigenvalue weighted by Gasteiger charge is -2.25. The Morgan fingerprint density at radius 1 is 0.789 bits per heavy atom. The number of anilines is 1. The highest BCUT2D eigenvalue weighted by atomic mass is 19.4. The largest absolute Gasteiger partial charge is 0.458 e. The van der Waals surface area contributed by atoms with Crippen LogP contribution < -0.4 is 15.0 Å². The highest BCUT2D eigenvalue weighted by molar-refractivity contribution is 5.50. The van der Waals surface area contributed by atoms with Crippen LogP contribution in [-0.4, -0.2) is 44.2 Å². The number of ether oxygens (including phenoxy) is 1. The Bertz CT molecular complexity index is 1230. The van der Waals surface area contributed by atoms with Crippen LogP contribution in [0.2, 0.25) is 0 Å². The zero-order valence-corrected chi connectivity index (χ0v) is 20.1. The van der Waals surface area contributed by atoms with Crippen molar-refractivity contribution in [2.45, 2.75) is 30.4 Å². The van der Waals surface area contributed by atoms with E-state index < -0.39 is 42.5 Å². The molecule has 0 radical (unpaired) electrons. The molecular formula is C26H24F8N2O2. The minimum absolute atomic E-state index is 0.174. The van der Waals surface area contributed by atoms with E-state index in [-0.39, 0.29) is 16.9 Å². The number of nitrogens with one attached hydrogen (secondary N) is 1. The predicted molar refractivity (Wildman–Crippen MR) is 126 cm³/mol. The highest BCUT2D eigenvalue weighted by Crippen LogP contribution is 2.44. The van der Waals surface area contributed by atoms with Gasteiger partial charge in [0, 0.05) is 38.0 Å². The van der Waals surface area contributed by atoms with Gasteiger partial charge in [0.15, 0.2) is 6.10 Å². The molecule has 0 saturated heterocycles. The average Bonchev–Trinajstić information content (AvgIpc) is 2.83. The molecule has 2 N–H and O–H groups in total. The number of hydrogen-bond acceptors (Lipinski definition) is 4. The van der Waals surface area contributed by atoms with Crippen LogP contribution in [0.15, 0.2) is 72.8 Å². The van der Waals surface area contributed by atoms with E-state index in [0.717, 1.165) is 11.8 Å². The monoisotopic (exact) mass is 548 g/mol. The quantitative estimate of drug-likeness (QED) is 0.289. The first-order chi connectivity index (χ1) is 17.6. The summed E-state index contributed by atoms with van der Waals surface area (Å²) in [7, 11) is 3.64. The molecule has 1 unspecified atom stereocenters. The fraction of sp³-hybridized carbons (Fsp3) is 0.308. The Labute approximate surface area is 213 Å². The summed E-state index contributed by atoms with van der Waals surface area (Å²) in [6.45, 7) is -1.05. The molecule has 3 aromatic carbocycles. The van der Waals surface area contributed by atoms with Crippen LogP contribution in [0, 0.1) is 0 Å². The molecule has 38 heavy (non-hydrogen) atoms. The SMILES string of the molecule is CN(C)c1cccc(Oc2cccc(C(NC[C@@H](O)C(F)(F)F)c3cccc(C(F)(F)C(F)(F)F)c3)c2)c1. The van der Waals surface area contributed by atoms with E-state index in [9.17, 15) is 40.2 Å². The van der Waals surface area contributed by atoms with Crippen molar-refractivity contribution in [1.82, 2.24) is 5.32 Å². The van der Waals surface area contributed by atoms with Crippen LogP contribution in [-0.2, 0) is 5.92 Å². The Morgan fingerprint density at radius 2 is 1.34 bits per heavy atom. The van der Waals surface area contributed by atoms with Crippen LogP contribution in [0.4, 0.5) is 40.8 Å². The second kappa shape index (κ2) is 11.2. The van der Waals surface area contributed by atoms with Gasteiger partial charge in [-0.2, -0.15) is 35.1 Å². The van der Waals surface area contributed by atoms with Crippen LogP contribution >= 0.6 is 0 Å². The summed E-state index contributed by atoms with van der Waals surface area (Å²) in [5.41, 5.74) is -0.527. The molecule has 0 heterocycles. The first-order valence-corrected chi connectivity index (χ1v) is 11.2. The van der Waals surface area contributed by atoms with Crippen molar-refractivity contribution < 1.29 is 45.0 Å². The zero-order valence-electron chi connectivity index (χ0n) is 20.1. The maximum atomic E-state index is 14.0. The topological polar surface area (TPSA) is 44.7 Å². The summed E-state index contributed by atoms with van der Waals surface area (Å²) in [6.07, 6.45) is -13.7. The third-order valence-corrected chi connectivity index (χ3v) is 5.59. The van der Waals surface area contributed by atoms with Crippen molar-refractivity contribution >= 4 is 5.69 Å². The van der Waals surface area contributed by atoms with Gasteiger partial charge >= 0.3 is 18.3 Å². The first kappa shape index (κ1) is 29.2. The number of benzene rings is 3. The molecule has 3 rings (SSSR count). The van der Waals surface area contributed by atoms with E-state index in [0.29, 0.717) is 17.9 Å². The third kappa shape index (κ3) is 6.93. The molecule has 0 amide bonds. The number of halogens is 8. The molecular weight excluding hydrogens is 524 g/mol. The Hall–Kier alpha value is -3.38. The molecule has 0 saturated carbocycles. The standard InChI is InChI=1S/C26H24F8N2O2/c1-36(2)19-9-5-11-21(14-19)38-20-10-4-7-17(13-20)23(35-15-22(37)25(29,30)31)16-6-3-8-18(12-16)24(27,28)26(32,33)34/h3-14,22-23,35,37H,15H2,1-2H3/t22-,23?/m1/s1. The summed E-state index contributed by atoms with van der Waals surface area (Å²) in [5.74, 6) is -4.53. The molecule has 2 atom stereocenters. The fourth-order valence-electron chi connectivity index (χ4n) is 3.57. The van der Waals surface area contributed by atoms with Gasteiger partial charge in [0.2, 0.25) is 0 Å². The van der Waals surface area contributed by atoms with E-state index >= 15 is 0 Å². The van der Waals surface area contributed by atoms with Crippen molar-refractivity contribution in [3.63, 3.8) is 0 Å². The van der Waals surface area contributed by atoms with Gasteiger partial charge in [0.1, 0.15) is 11.5 Å². The molecule has 0 aliphatic rings. The third-order valence-electron chi connectivity index (χ3n) is 5.59. The molecule has 3 aromatic rings. The smallest absolute Gasteiger partial charge is 0.457 e. The molecule has 206 valence electrons. The van der Waals surface area contributed by atoms with Gasteiger partial charge in [-0.1, -0.05) is 36.4 Å². The lowest BCUT2D eigenvalue weighted by molar-refractivity contribution is -0.289. The first-order valence-electron chi connectivity index (χ1n) is 11.2. The Balaban J connectivity index is 2.00. The molecule has 0 spiro atoms. The van der Waals surface area contributed by atoms with E-state index in [1.54, 1.807) is 24.3 Å². The summed E-state index contributed by atoms with van der Waals surface area (Å²) in [4.78, 5) is 1.83. The van der Waals surface area contributed by atoms with Gasteiger partial charge in [-0.15, -0.1) is 0 Å². The van der Waals surface area contributed by atoms with Gasteiger partial charge in [0.05, 0.1) is 6.04 Å². The van der Waals surface area contributed by atoms with Crippen LogP contribution in [0.5, 0.6) is 11.5 Å². The van der Waals surface area contributed by atoms with E-state index in [2.05, 4.69) is 5.32 Å². The maximum Gasteiger partial charge on any atom is 0.458 e. The van der Waals surface area contributed by atoms with Gasteiger partial charge in [0.25, 0.3) is 0 Å². The summed E-state index contributed by atoms with van der Waals surface area (Å²) >= 11 is 0. The molecule has 0 bridgehead atoms. The van der Waals surface area contributed by atoms with Crippen molar-refractivity contribution in [2.75, 3.05) is 25.5 Å². The van der Waals surface area contributed by atoms with E-state index in [1.807, 2.05) is 25.1 Å². The number of rotatable bonds is 9. The summed E-state index contributed by atoms with van der Waals surface area (Å²) in [6, 6.07) is 14.8. The number of aliphatic hydroxyl groups excluding tert-OH is 1. The van der Waals surface area contributed by atoms with E-state index in [1.165, 1.54) is 24.3 Å². The average molecular weight is 548 g/mol. The number of nitrogens with zero attached hydrogens (tertiary/aromatic N) is 1. The van der Waals surface area contributed by atoms with Crippen molar-refractivity contribution in [3.8, 4) is 11.5 Å². The fourth-order valence-corrected chi connectivity index (χ4v) is 3.57. The summed E-state index contributed by atoms with van der Waals surface area (Å²) < 4.78 is 111. The van der Waals surface area contributed by atoms with Gasteiger partial charge in [-0.25, -0.2) is 0 Å². The number of alkyl halides is 8. The molecule has 0 aliphatic carbocycles. The second-order valence-electron chi connectivity index (χ2n) is 8.66. The maximum absolute atomic E-state index is 14.0. The summed E-state index contributed by atoms with van der Waals surface area (Å²) in [5, 5.41) is 11.9. The molecule has 0 aliphatic heterocycles. The molecule has 0 fully saturated rings. The molecule has 4 nitrogen and oxygen atoms in total. The zero-order chi connectivity index (χ0) is 28.3. The van der Waals surface area contributed by atoms with Gasteiger partial charge < -0.3 is 20.1 Å². The van der Waals surface area contributed by atoms with Crippen LogP contribution in [0.25, 0.3) is 0 Å². The van der Waals surface area contributed by atoms with Gasteiger partial charge in [-0.3, -0.25) is 0 Å². The molecule has 12 heteroatoms. The number of aliphatic hydroxyl groups is 1. The normalized spacial score (nSPS) is 14.2. The second-order valence-corrected chi connectivity index (χ2v) is 8.66. The van der Waals surface area contributed by atoms with Crippen LogP contribution in [0.1, 0.15) is 22.7 Å². The minimum Gasteiger partial charge on any atom is -0.457 e. The Morgan fingerprint density at radius 3 is 1.92 bits per heavy atom. The van der Waals surface area contributed by atoms with Crippen molar-refractivity contribution in [3.05, 3.63) is 89.5 Å².